The molecule has 2 aliphatic rings. The van der Waals surface area contributed by atoms with Gasteiger partial charge in [0.25, 0.3) is 0 Å². The normalized spacial score (nSPS) is 22.4. The molecule has 0 radical (unpaired) electrons. The van der Waals surface area contributed by atoms with Crippen LogP contribution >= 0.6 is 0 Å². The lowest BCUT2D eigenvalue weighted by Crippen LogP contribution is -2.41. The van der Waals surface area contributed by atoms with Gasteiger partial charge in [-0.3, -0.25) is 4.99 Å². The first-order chi connectivity index (χ1) is 12.2. The Hall–Kier alpha value is -1.82. The molecule has 1 unspecified atom stereocenters. The standard InChI is InChI=1S/C19H29FN4O/c1-21-19(22-12-15-5-6-18(25)17(20)11-15)24-10-7-16(14-24)13-23-8-3-2-4-9-23/h5-6,11,16,25H,2-4,7-10,12-14H2,1H3,(H,21,22). The van der Waals surface area contributed by atoms with Crippen molar-refractivity contribution in [2.75, 3.05) is 39.8 Å². The highest BCUT2D eigenvalue weighted by Crippen LogP contribution is 2.20. The number of phenols is 1. The molecule has 3 rings (SSSR count). The van der Waals surface area contributed by atoms with Crippen molar-refractivity contribution >= 4 is 5.96 Å². The summed E-state index contributed by atoms with van der Waals surface area (Å²) in [7, 11) is 1.79. The van der Waals surface area contributed by atoms with Crippen molar-refractivity contribution in [3.8, 4) is 5.75 Å². The zero-order valence-electron chi connectivity index (χ0n) is 15.0. The van der Waals surface area contributed by atoms with Gasteiger partial charge in [0.05, 0.1) is 0 Å². The molecule has 6 heteroatoms. The molecule has 0 bridgehead atoms. The number of likely N-dealkylation sites (tertiary alicyclic amines) is 2. The van der Waals surface area contributed by atoms with Crippen LogP contribution in [0.2, 0.25) is 0 Å². The Bertz CT molecular complexity index is 601. The average molecular weight is 348 g/mol. The summed E-state index contributed by atoms with van der Waals surface area (Å²) < 4.78 is 13.4. The van der Waals surface area contributed by atoms with Crippen LogP contribution in [-0.4, -0.2) is 60.6 Å². The molecule has 138 valence electrons. The molecule has 2 saturated heterocycles. The Morgan fingerprint density at radius 3 is 2.80 bits per heavy atom. The summed E-state index contributed by atoms with van der Waals surface area (Å²) in [5.41, 5.74) is 0.792. The summed E-state index contributed by atoms with van der Waals surface area (Å²) in [5, 5.41) is 12.6. The number of benzene rings is 1. The van der Waals surface area contributed by atoms with E-state index in [0.717, 1.165) is 24.6 Å². The van der Waals surface area contributed by atoms with Gasteiger partial charge in [-0.05, 0) is 56.0 Å². The Labute approximate surface area is 149 Å². The second kappa shape index (κ2) is 8.52. The highest BCUT2D eigenvalue weighted by atomic mass is 19.1. The largest absolute Gasteiger partial charge is 0.505 e. The van der Waals surface area contributed by atoms with Crippen molar-refractivity contribution in [1.29, 1.82) is 0 Å². The number of hydrogen-bond acceptors (Lipinski definition) is 3. The van der Waals surface area contributed by atoms with Gasteiger partial charge in [-0.15, -0.1) is 0 Å². The number of halogens is 1. The molecule has 2 aliphatic heterocycles. The lowest BCUT2D eigenvalue weighted by molar-refractivity contribution is 0.198. The number of rotatable bonds is 4. The minimum Gasteiger partial charge on any atom is -0.505 e. The van der Waals surface area contributed by atoms with Crippen molar-refractivity contribution < 1.29 is 9.50 Å². The van der Waals surface area contributed by atoms with Crippen LogP contribution in [0.5, 0.6) is 5.75 Å². The van der Waals surface area contributed by atoms with E-state index in [1.165, 1.54) is 57.5 Å². The lowest BCUT2D eigenvalue weighted by atomic mass is 10.1. The number of guanidine groups is 1. The van der Waals surface area contributed by atoms with Crippen LogP contribution in [0.3, 0.4) is 0 Å². The van der Waals surface area contributed by atoms with E-state index < -0.39 is 5.82 Å². The maximum Gasteiger partial charge on any atom is 0.193 e. The maximum absolute atomic E-state index is 13.4. The zero-order valence-corrected chi connectivity index (χ0v) is 15.0. The van der Waals surface area contributed by atoms with Crippen molar-refractivity contribution in [3.05, 3.63) is 29.6 Å². The molecule has 1 aromatic carbocycles. The smallest absolute Gasteiger partial charge is 0.193 e. The van der Waals surface area contributed by atoms with E-state index in [-0.39, 0.29) is 5.75 Å². The Balaban J connectivity index is 1.49. The highest BCUT2D eigenvalue weighted by Gasteiger charge is 2.26. The molecule has 2 fully saturated rings. The van der Waals surface area contributed by atoms with Gasteiger partial charge in [-0.25, -0.2) is 4.39 Å². The number of aliphatic imine (C=N–C) groups is 1. The topological polar surface area (TPSA) is 51.1 Å². The molecule has 1 aromatic rings. The summed E-state index contributed by atoms with van der Waals surface area (Å²) in [6, 6.07) is 4.47. The minimum atomic E-state index is -0.586. The fourth-order valence-corrected chi connectivity index (χ4v) is 3.85. The van der Waals surface area contributed by atoms with E-state index in [1.807, 2.05) is 0 Å². The summed E-state index contributed by atoms with van der Waals surface area (Å²) in [4.78, 5) is 9.28. The Morgan fingerprint density at radius 2 is 2.08 bits per heavy atom. The van der Waals surface area contributed by atoms with Crippen molar-refractivity contribution in [3.63, 3.8) is 0 Å². The third-order valence-corrected chi connectivity index (χ3v) is 5.22. The number of hydrogen-bond donors (Lipinski definition) is 2. The van der Waals surface area contributed by atoms with Crippen LogP contribution in [-0.2, 0) is 6.54 Å². The van der Waals surface area contributed by atoms with E-state index >= 15 is 0 Å². The molecule has 2 heterocycles. The first kappa shape index (κ1) is 18.0. The molecule has 0 spiro atoms. The Kier molecular flexibility index (Phi) is 6.13. The number of nitrogens with one attached hydrogen (secondary N) is 1. The van der Waals surface area contributed by atoms with Crippen LogP contribution in [0.15, 0.2) is 23.2 Å². The summed E-state index contributed by atoms with van der Waals surface area (Å²) in [6.45, 7) is 6.22. The van der Waals surface area contributed by atoms with E-state index in [0.29, 0.717) is 12.5 Å². The van der Waals surface area contributed by atoms with Gasteiger partial charge < -0.3 is 20.2 Å². The van der Waals surface area contributed by atoms with Crippen LogP contribution in [0.25, 0.3) is 0 Å². The zero-order chi connectivity index (χ0) is 17.6. The number of aromatic hydroxyl groups is 1. The predicted molar refractivity (Wildman–Crippen MR) is 98.2 cm³/mol. The van der Waals surface area contributed by atoms with Crippen molar-refractivity contribution in [2.24, 2.45) is 10.9 Å². The molecule has 0 aliphatic carbocycles. The quantitative estimate of drug-likeness (QED) is 0.648. The highest BCUT2D eigenvalue weighted by molar-refractivity contribution is 5.80. The fraction of sp³-hybridized carbons (Fsp3) is 0.632. The number of piperidine rings is 1. The minimum absolute atomic E-state index is 0.312. The van der Waals surface area contributed by atoms with E-state index in [4.69, 9.17) is 0 Å². The van der Waals surface area contributed by atoms with Crippen LogP contribution in [0, 0.1) is 11.7 Å². The van der Waals surface area contributed by atoms with Gasteiger partial charge in [0.1, 0.15) is 0 Å². The number of nitrogens with zero attached hydrogens (tertiary/aromatic N) is 3. The summed E-state index contributed by atoms with van der Waals surface area (Å²) in [5.74, 6) is 0.669. The molecular formula is C19H29FN4O. The Morgan fingerprint density at radius 1 is 1.28 bits per heavy atom. The lowest BCUT2D eigenvalue weighted by Gasteiger charge is -2.29. The van der Waals surface area contributed by atoms with E-state index in [9.17, 15) is 9.50 Å². The fourth-order valence-electron chi connectivity index (χ4n) is 3.85. The van der Waals surface area contributed by atoms with Crippen LogP contribution in [0.4, 0.5) is 4.39 Å². The van der Waals surface area contributed by atoms with Crippen molar-refractivity contribution in [2.45, 2.75) is 32.2 Å². The van der Waals surface area contributed by atoms with Gasteiger partial charge >= 0.3 is 0 Å². The number of phenolic OH excluding ortho intramolecular Hbond substituents is 1. The van der Waals surface area contributed by atoms with Gasteiger partial charge in [-0.1, -0.05) is 12.5 Å². The monoisotopic (exact) mass is 348 g/mol. The first-order valence-electron chi connectivity index (χ1n) is 9.31. The summed E-state index contributed by atoms with van der Waals surface area (Å²) in [6.07, 6.45) is 5.25. The second-order valence-corrected chi connectivity index (χ2v) is 7.15. The average Bonchev–Trinajstić information content (AvgIpc) is 3.08. The van der Waals surface area contributed by atoms with E-state index in [1.54, 1.807) is 13.1 Å². The molecular weight excluding hydrogens is 319 g/mol. The van der Waals surface area contributed by atoms with Gasteiger partial charge in [0.15, 0.2) is 17.5 Å². The SMILES string of the molecule is CN=C(NCc1ccc(O)c(F)c1)N1CCC(CN2CCCCC2)C1. The molecule has 5 nitrogen and oxygen atoms in total. The van der Waals surface area contributed by atoms with Gasteiger partial charge in [0, 0.05) is 33.2 Å². The molecule has 25 heavy (non-hydrogen) atoms. The van der Waals surface area contributed by atoms with Crippen LogP contribution in [0.1, 0.15) is 31.2 Å². The van der Waals surface area contributed by atoms with Crippen LogP contribution < -0.4 is 5.32 Å². The molecule has 1 atom stereocenters. The van der Waals surface area contributed by atoms with Crippen molar-refractivity contribution in [1.82, 2.24) is 15.1 Å². The molecule has 0 amide bonds. The first-order valence-corrected chi connectivity index (χ1v) is 9.31. The maximum atomic E-state index is 13.4. The van der Waals surface area contributed by atoms with Gasteiger partial charge in [-0.2, -0.15) is 0 Å². The van der Waals surface area contributed by atoms with E-state index in [2.05, 4.69) is 20.1 Å². The second-order valence-electron chi connectivity index (χ2n) is 7.15. The third kappa shape index (κ3) is 4.84. The van der Waals surface area contributed by atoms with Gasteiger partial charge in [0.2, 0.25) is 0 Å². The molecule has 2 N–H and O–H groups in total. The predicted octanol–water partition coefficient (Wildman–Crippen LogP) is 2.41. The third-order valence-electron chi connectivity index (χ3n) is 5.22. The molecule has 0 saturated carbocycles. The molecule has 0 aromatic heterocycles. The summed E-state index contributed by atoms with van der Waals surface area (Å²) >= 11 is 0.